The minimum atomic E-state index is 0.0335. The summed E-state index contributed by atoms with van der Waals surface area (Å²) in [5.41, 5.74) is 3.23. The average molecular weight is 350 g/mol. The molecule has 0 bridgehead atoms. The van der Waals surface area contributed by atoms with E-state index in [0.29, 0.717) is 23.1 Å². The van der Waals surface area contributed by atoms with Gasteiger partial charge >= 0.3 is 6.01 Å². The van der Waals surface area contributed by atoms with Crippen molar-refractivity contribution in [1.82, 2.24) is 9.97 Å². The topological polar surface area (TPSA) is 70.5 Å². The van der Waals surface area contributed by atoms with E-state index in [1.54, 1.807) is 6.07 Å². The third-order valence-electron chi connectivity index (χ3n) is 3.90. The molecule has 0 unspecified atom stereocenters. The molecule has 0 saturated heterocycles. The van der Waals surface area contributed by atoms with Crippen molar-refractivity contribution in [3.8, 4) is 34.6 Å². The van der Waals surface area contributed by atoms with E-state index in [9.17, 15) is 4.79 Å². The van der Waals surface area contributed by atoms with Crippen molar-refractivity contribution in [1.29, 1.82) is 0 Å². The van der Waals surface area contributed by atoms with Gasteiger partial charge in [0.05, 0.1) is 25.8 Å². The number of nitrogens with zero attached hydrogens (tertiary/aromatic N) is 2. The van der Waals surface area contributed by atoms with Crippen LogP contribution in [0.15, 0.2) is 48.5 Å². The fraction of sp³-hybridized carbons (Fsp3) is 0.150. The van der Waals surface area contributed by atoms with Crippen LogP contribution in [-0.4, -0.2) is 30.5 Å². The largest absolute Gasteiger partial charge is 0.481 e. The van der Waals surface area contributed by atoms with Crippen LogP contribution in [0.4, 0.5) is 0 Å². The molecule has 0 radical (unpaired) electrons. The molecular weight excluding hydrogens is 332 g/mol. The van der Waals surface area contributed by atoms with Gasteiger partial charge in [-0.3, -0.25) is 4.79 Å². The van der Waals surface area contributed by atoms with Crippen LogP contribution >= 0.6 is 0 Å². The van der Waals surface area contributed by atoms with Gasteiger partial charge in [-0.05, 0) is 29.7 Å². The summed E-state index contributed by atoms with van der Waals surface area (Å²) in [7, 11) is 2.97. The summed E-state index contributed by atoms with van der Waals surface area (Å²) in [6.45, 7) is 1.99. The zero-order chi connectivity index (χ0) is 18.5. The van der Waals surface area contributed by atoms with Gasteiger partial charge in [0.15, 0.2) is 6.29 Å². The van der Waals surface area contributed by atoms with Crippen LogP contribution in [0.3, 0.4) is 0 Å². The predicted octanol–water partition coefficient (Wildman–Crippen LogP) is 4.07. The van der Waals surface area contributed by atoms with E-state index in [1.165, 1.54) is 20.3 Å². The standard InChI is InChI=1S/C20H18N2O4/c1-13-7-4-5-8-14(13)15-9-6-10-17(16(15)12-23)26-20-21-18(24-2)11-19(22-20)25-3/h4-12H,1-3H3. The second-order valence-corrected chi connectivity index (χ2v) is 5.49. The van der Waals surface area contributed by atoms with E-state index in [-0.39, 0.29) is 6.01 Å². The van der Waals surface area contributed by atoms with Crippen molar-refractivity contribution in [3.05, 3.63) is 59.7 Å². The Hall–Kier alpha value is -3.41. The summed E-state index contributed by atoms with van der Waals surface area (Å²) in [5.74, 6) is 0.959. The van der Waals surface area contributed by atoms with Crippen molar-refractivity contribution >= 4 is 6.29 Å². The number of methoxy groups -OCH3 is 2. The highest BCUT2D eigenvalue weighted by atomic mass is 16.5. The van der Waals surface area contributed by atoms with Crippen LogP contribution in [0.5, 0.6) is 23.5 Å². The van der Waals surface area contributed by atoms with Crippen LogP contribution in [0.1, 0.15) is 15.9 Å². The monoisotopic (exact) mass is 350 g/mol. The lowest BCUT2D eigenvalue weighted by Gasteiger charge is -2.13. The molecular formula is C20H18N2O4. The lowest BCUT2D eigenvalue weighted by molar-refractivity contribution is 0.112. The molecule has 1 aromatic heterocycles. The molecule has 0 saturated carbocycles. The van der Waals surface area contributed by atoms with E-state index in [0.717, 1.165) is 23.0 Å². The second-order valence-electron chi connectivity index (χ2n) is 5.49. The molecule has 0 spiro atoms. The van der Waals surface area contributed by atoms with Gasteiger partial charge in [-0.15, -0.1) is 0 Å². The molecule has 6 heteroatoms. The maximum Gasteiger partial charge on any atom is 0.328 e. The lowest BCUT2D eigenvalue weighted by atomic mass is 9.96. The van der Waals surface area contributed by atoms with Gasteiger partial charge in [0.2, 0.25) is 11.8 Å². The molecule has 26 heavy (non-hydrogen) atoms. The summed E-state index contributed by atoms with van der Waals surface area (Å²) >= 11 is 0. The minimum Gasteiger partial charge on any atom is -0.481 e. The van der Waals surface area contributed by atoms with E-state index >= 15 is 0 Å². The summed E-state index contributed by atoms with van der Waals surface area (Å²) in [6, 6.07) is 14.8. The zero-order valence-corrected chi connectivity index (χ0v) is 14.7. The van der Waals surface area contributed by atoms with Crippen molar-refractivity contribution in [2.75, 3.05) is 14.2 Å². The Morgan fingerprint density at radius 2 is 1.54 bits per heavy atom. The maximum atomic E-state index is 11.8. The number of hydrogen-bond acceptors (Lipinski definition) is 6. The van der Waals surface area contributed by atoms with E-state index in [1.807, 2.05) is 43.3 Å². The molecule has 3 rings (SSSR count). The molecule has 0 aliphatic heterocycles. The SMILES string of the molecule is COc1cc(OC)nc(Oc2cccc(-c3ccccc3C)c2C=O)n1. The number of ether oxygens (including phenoxy) is 3. The quantitative estimate of drug-likeness (QED) is 0.624. The molecule has 6 nitrogen and oxygen atoms in total. The summed E-state index contributed by atoms with van der Waals surface area (Å²) in [5, 5.41) is 0. The number of benzene rings is 2. The third-order valence-corrected chi connectivity index (χ3v) is 3.90. The molecule has 2 aromatic carbocycles. The number of carbonyl (C=O) groups is 1. The highest BCUT2D eigenvalue weighted by molar-refractivity contribution is 5.91. The average Bonchev–Trinajstić information content (AvgIpc) is 2.68. The molecule has 0 N–H and O–H groups in total. The molecule has 0 atom stereocenters. The van der Waals surface area contributed by atoms with Crippen molar-refractivity contribution < 1.29 is 19.0 Å². The first-order valence-corrected chi connectivity index (χ1v) is 7.95. The van der Waals surface area contributed by atoms with Gasteiger partial charge < -0.3 is 14.2 Å². The van der Waals surface area contributed by atoms with Crippen LogP contribution in [-0.2, 0) is 0 Å². The van der Waals surface area contributed by atoms with Gasteiger partial charge in [0.25, 0.3) is 0 Å². The van der Waals surface area contributed by atoms with Gasteiger partial charge in [0, 0.05) is 0 Å². The van der Waals surface area contributed by atoms with E-state index < -0.39 is 0 Å². The highest BCUT2D eigenvalue weighted by Gasteiger charge is 2.15. The Labute approximate surface area is 151 Å². The smallest absolute Gasteiger partial charge is 0.328 e. The fourth-order valence-corrected chi connectivity index (χ4v) is 2.60. The van der Waals surface area contributed by atoms with Gasteiger partial charge in [-0.1, -0.05) is 36.4 Å². The first-order chi connectivity index (χ1) is 12.7. The van der Waals surface area contributed by atoms with Crippen LogP contribution < -0.4 is 14.2 Å². The van der Waals surface area contributed by atoms with Crippen LogP contribution in [0, 0.1) is 6.92 Å². The Morgan fingerprint density at radius 3 is 2.15 bits per heavy atom. The minimum absolute atomic E-state index is 0.0335. The zero-order valence-electron chi connectivity index (χ0n) is 14.7. The highest BCUT2D eigenvalue weighted by Crippen LogP contribution is 2.33. The molecule has 0 aliphatic rings. The van der Waals surface area contributed by atoms with Crippen LogP contribution in [0.2, 0.25) is 0 Å². The van der Waals surface area contributed by atoms with Crippen molar-refractivity contribution in [3.63, 3.8) is 0 Å². The first-order valence-electron chi connectivity index (χ1n) is 7.95. The van der Waals surface area contributed by atoms with E-state index in [2.05, 4.69) is 9.97 Å². The predicted molar refractivity (Wildman–Crippen MR) is 97.2 cm³/mol. The van der Waals surface area contributed by atoms with Gasteiger partial charge in [-0.2, -0.15) is 9.97 Å². The summed E-state index contributed by atoms with van der Waals surface area (Å²) in [4.78, 5) is 20.1. The Kier molecular flexibility index (Phi) is 5.12. The van der Waals surface area contributed by atoms with Gasteiger partial charge in [-0.25, -0.2) is 0 Å². The number of aldehydes is 1. The van der Waals surface area contributed by atoms with E-state index in [4.69, 9.17) is 14.2 Å². The second kappa shape index (κ2) is 7.65. The maximum absolute atomic E-state index is 11.8. The number of rotatable bonds is 6. The number of aryl methyl sites for hydroxylation is 1. The number of hydrogen-bond donors (Lipinski definition) is 0. The Bertz CT molecular complexity index is 919. The first kappa shape index (κ1) is 17.4. The van der Waals surface area contributed by atoms with Crippen molar-refractivity contribution in [2.24, 2.45) is 0 Å². The molecule has 3 aromatic rings. The Balaban J connectivity index is 2.06. The molecule has 1 heterocycles. The van der Waals surface area contributed by atoms with Crippen LogP contribution in [0.25, 0.3) is 11.1 Å². The molecule has 0 aliphatic carbocycles. The molecule has 0 amide bonds. The molecule has 0 fully saturated rings. The summed E-state index contributed by atoms with van der Waals surface area (Å²) in [6.07, 6.45) is 0.772. The number of carbonyl (C=O) groups excluding carboxylic acids is 1. The normalized spacial score (nSPS) is 10.3. The molecule has 132 valence electrons. The number of aromatic nitrogens is 2. The third kappa shape index (κ3) is 3.49. The van der Waals surface area contributed by atoms with Gasteiger partial charge in [0.1, 0.15) is 5.75 Å². The Morgan fingerprint density at radius 1 is 0.885 bits per heavy atom. The lowest BCUT2D eigenvalue weighted by Crippen LogP contribution is -2.00. The summed E-state index contributed by atoms with van der Waals surface area (Å²) < 4.78 is 16.0. The fourth-order valence-electron chi connectivity index (χ4n) is 2.60. The van der Waals surface area contributed by atoms with Crippen molar-refractivity contribution in [2.45, 2.75) is 6.92 Å².